The van der Waals surface area contributed by atoms with Crippen molar-refractivity contribution < 1.29 is 4.39 Å². The minimum atomic E-state index is -0.240. The first-order valence-corrected chi connectivity index (χ1v) is 7.47. The van der Waals surface area contributed by atoms with E-state index in [0.29, 0.717) is 10.5 Å². The van der Waals surface area contributed by atoms with Gasteiger partial charge in [-0.05, 0) is 54.5 Å². The topological polar surface area (TPSA) is 29.9 Å². The number of nitrogens with zero attached hydrogens (tertiary/aromatic N) is 2. The van der Waals surface area contributed by atoms with Crippen molar-refractivity contribution in [3.05, 3.63) is 52.0 Å². The lowest BCUT2D eigenvalue weighted by Crippen LogP contribution is -2.20. The van der Waals surface area contributed by atoms with E-state index in [2.05, 4.69) is 40.2 Å². The third-order valence-corrected chi connectivity index (χ3v) is 4.15. The Balaban J connectivity index is 2.22. The molecule has 1 atom stereocenters. The van der Waals surface area contributed by atoms with E-state index in [1.165, 1.54) is 6.07 Å². The van der Waals surface area contributed by atoms with E-state index in [0.717, 1.165) is 17.7 Å². The van der Waals surface area contributed by atoms with Crippen LogP contribution in [0, 0.1) is 5.82 Å². The van der Waals surface area contributed by atoms with Gasteiger partial charge in [-0.3, -0.25) is 4.68 Å². The smallest absolute Gasteiger partial charge is 0.137 e. The Hall–Kier alpha value is -1.20. The van der Waals surface area contributed by atoms with Crippen molar-refractivity contribution in [1.29, 1.82) is 0 Å². The van der Waals surface area contributed by atoms with Gasteiger partial charge in [-0.2, -0.15) is 5.10 Å². The number of benzene rings is 1. The molecule has 0 fully saturated rings. The molecule has 0 amide bonds. The summed E-state index contributed by atoms with van der Waals surface area (Å²) in [4.78, 5) is 0. The Kier molecular flexibility index (Phi) is 4.94. The average Bonchev–Trinajstić information content (AvgIpc) is 2.88. The van der Waals surface area contributed by atoms with Gasteiger partial charge in [-0.15, -0.1) is 0 Å². The highest BCUT2D eigenvalue weighted by molar-refractivity contribution is 9.10. The third-order valence-electron chi connectivity index (χ3n) is 3.31. The molecule has 0 spiro atoms. The van der Waals surface area contributed by atoms with E-state index < -0.39 is 0 Å². The summed E-state index contributed by atoms with van der Waals surface area (Å²) in [7, 11) is 1.88. The molecule has 1 heterocycles. The van der Waals surface area contributed by atoms with Crippen molar-refractivity contribution in [2.45, 2.75) is 32.4 Å². The maximum Gasteiger partial charge on any atom is 0.137 e. The molecule has 0 bridgehead atoms. The van der Waals surface area contributed by atoms with Crippen molar-refractivity contribution in [2.75, 3.05) is 7.05 Å². The van der Waals surface area contributed by atoms with Crippen LogP contribution in [0.2, 0.25) is 0 Å². The molecule has 2 aromatic rings. The highest BCUT2D eigenvalue weighted by Gasteiger charge is 2.17. The number of rotatable bonds is 5. The Labute approximate surface area is 127 Å². The molecule has 20 heavy (non-hydrogen) atoms. The number of hydrogen-bond acceptors (Lipinski definition) is 2. The van der Waals surface area contributed by atoms with E-state index in [4.69, 9.17) is 0 Å². The summed E-state index contributed by atoms with van der Waals surface area (Å²) in [5, 5.41) is 7.77. The maximum atomic E-state index is 13.6. The molecule has 1 aromatic carbocycles. The standard InChI is InChI=1S/C15H19BrFN3/c1-10(2)20-8-7-11(19-20)9-14(18-3)12-5-4-6-13(17)15(12)16/h4-8,10,14,18H,9H2,1-3H3. The molecule has 108 valence electrons. The molecule has 5 heteroatoms. The van der Waals surface area contributed by atoms with Crippen LogP contribution in [0.25, 0.3) is 0 Å². The molecule has 0 aliphatic carbocycles. The molecule has 0 aliphatic heterocycles. The molecule has 2 rings (SSSR count). The predicted molar refractivity (Wildman–Crippen MR) is 82.2 cm³/mol. The fourth-order valence-corrected chi connectivity index (χ4v) is 2.68. The normalized spacial score (nSPS) is 12.9. The molecule has 3 nitrogen and oxygen atoms in total. The van der Waals surface area contributed by atoms with Crippen molar-refractivity contribution in [1.82, 2.24) is 15.1 Å². The Bertz CT molecular complexity index is 580. The second kappa shape index (κ2) is 6.50. The third kappa shape index (κ3) is 3.27. The fraction of sp³-hybridized carbons (Fsp3) is 0.400. The van der Waals surface area contributed by atoms with Crippen LogP contribution in [0.4, 0.5) is 4.39 Å². The van der Waals surface area contributed by atoms with Gasteiger partial charge in [0.2, 0.25) is 0 Å². The van der Waals surface area contributed by atoms with Gasteiger partial charge < -0.3 is 5.32 Å². The monoisotopic (exact) mass is 339 g/mol. The Morgan fingerprint density at radius 3 is 2.70 bits per heavy atom. The fourth-order valence-electron chi connectivity index (χ4n) is 2.14. The molecule has 0 aliphatic rings. The summed E-state index contributed by atoms with van der Waals surface area (Å²) < 4.78 is 16.1. The van der Waals surface area contributed by atoms with Crippen molar-refractivity contribution in [2.24, 2.45) is 0 Å². The molecule has 0 radical (unpaired) electrons. The zero-order chi connectivity index (χ0) is 14.7. The quantitative estimate of drug-likeness (QED) is 0.896. The minimum Gasteiger partial charge on any atom is -0.313 e. The number of likely N-dealkylation sites (N-methyl/N-ethyl adjacent to an activating group) is 1. The van der Waals surface area contributed by atoms with Gasteiger partial charge >= 0.3 is 0 Å². The number of halogens is 2. The van der Waals surface area contributed by atoms with Crippen LogP contribution < -0.4 is 5.32 Å². The van der Waals surface area contributed by atoms with E-state index in [9.17, 15) is 4.39 Å². The zero-order valence-corrected chi connectivity index (χ0v) is 13.5. The Morgan fingerprint density at radius 2 is 2.10 bits per heavy atom. The maximum absolute atomic E-state index is 13.6. The second-order valence-corrected chi connectivity index (χ2v) is 5.86. The van der Waals surface area contributed by atoms with E-state index in [1.54, 1.807) is 6.07 Å². The molecular weight excluding hydrogens is 321 g/mol. The summed E-state index contributed by atoms with van der Waals surface area (Å²) >= 11 is 3.32. The van der Waals surface area contributed by atoms with Crippen LogP contribution in [0.1, 0.15) is 37.2 Å². The van der Waals surface area contributed by atoms with Crippen LogP contribution in [0.3, 0.4) is 0 Å². The van der Waals surface area contributed by atoms with Crippen LogP contribution in [-0.2, 0) is 6.42 Å². The first kappa shape index (κ1) is 15.2. The SMILES string of the molecule is CNC(Cc1ccn(C(C)C)n1)c1cccc(F)c1Br. The molecule has 1 N–H and O–H groups in total. The van der Waals surface area contributed by atoms with Crippen LogP contribution in [0.15, 0.2) is 34.9 Å². The van der Waals surface area contributed by atoms with Gasteiger partial charge in [0.25, 0.3) is 0 Å². The number of nitrogens with one attached hydrogen (secondary N) is 1. The van der Waals surface area contributed by atoms with E-state index in [1.807, 2.05) is 30.1 Å². The van der Waals surface area contributed by atoms with Crippen LogP contribution in [-0.4, -0.2) is 16.8 Å². The molecular formula is C15H19BrFN3. The first-order chi connectivity index (χ1) is 9.52. The predicted octanol–water partition coefficient (Wildman–Crippen LogP) is 3.87. The van der Waals surface area contributed by atoms with Gasteiger partial charge in [0.1, 0.15) is 5.82 Å². The summed E-state index contributed by atoms with van der Waals surface area (Å²) in [6, 6.07) is 7.49. The second-order valence-electron chi connectivity index (χ2n) is 5.07. The van der Waals surface area contributed by atoms with Gasteiger partial charge in [0, 0.05) is 24.7 Å². The van der Waals surface area contributed by atoms with E-state index in [-0.39, 0.29) is 11.9 Å². The largest absolute Gasteiger partial charge is 0.313 e. The lowest BCUT2D eigenvalue weighted by Gasteiger charge is -2.17. The van der Waals surface area contributed by atoms with Gasteiger partial charge in [0.05, 0.1) is 10.2 Å². The van der Waals surface area contributed by atoms with Crippen LogP contribution in [0.5, 0.6) is 0 Å². The first-order valence-electron chi connectivity index (χ1n) is 6.68. The number of aromatic nitrogens is 2. The van der Waals surface area contributed by atoms with Crippen molar-refractivity contribution in [3.63, 3.8) is 0 Å². The number of hydrogen-bond donors (Lipinski definition) is 1. The summed E-state index contributed by atoms with van der Waals surface area (Å²) in [6.07, 6.45) is 2.70. The minimum absolute atomic E-state index is 0.0237. The van der Waals surface area contributed by atoms with Gasteiger partial charge in [0.15, 0.2) is 0 Å². The molecule has 1 unspecified atom stereocenters. The lowest BCUT2D eigenvalue weighted by atomic mass is 10.0. The van der Waals surface area contributed by atoms with Crippen molar-refractivity contribution in [3.8, 4) is 0 Å². The van der Waals surface area contributed by atoms with Crippen LogP contribution >= 0.6 is 15.9 Å². The molecule has 0 saturated carbocycles. The summed E-state index contributed by atoms with van der Waals surface area (Å²) in [6.45, 7) is 4.19. The van der Waals surface area contributed by atoms with Gasteiger partial charge in [-0.25, -0.2) is 4.39 Å². The average molecular weight is 340 g/mol. The zero-order valence-electron chi connectivity index (χ0n) is 11.9. The highest BCUT2D eigenvalue weighted by atomic mass is 79.9. The lowest BCUT2D eigenvalue weighted by molar-refractivity contribution is 0.513. The molecule has 1 aromatic heterocycles. The van der Waals surface area contributed by atoms with E-state index >= 15 is 0 Å². The van der Waals surface area contributed by atoms with Crippen molar-refractivity contribution >= 4 is 15.9 Å². The summed E-state index contributed by atoms with van der Waals surface area (Å²) in [5.41, 5.74) is 1.90. The molecule has 0 saturated heterocycles. The highest BCUT2D eigenvalue weighted by Crippen LogP contribution is 2.28. The Morgan fingerprint density at radius 1 is 1.35 bits per heavy atom. The summed E-state index contributed by atoms with van der Waals surface area (Å²) in [5.74, 6) is -0.240. The van der Waals surface area contributed by atoms with Gasteiger partial charge in [-0.1, -0.05) is 12.1 Å².